The predicted molar refractivity (Wildman–Crippen MR) is 46.1 cm³/mol. The smallest absolute Gasteiger partial charge is 0.360 e. The molecular weight excluding hydrogens is 186 g/mol. The predicted octanol–water partition coefficient (Wildman–Crippen LogP) is 0.883. The van der Waals surface area contributed by atoms with E-state index in [9.17, 15) is 4.79 Å². The minimum absolute atomic E-state index is 0.187. The van der Waals surface area contributed by atoms with Crippen LogP contribution in [0.5, 0.6) is 0 Å². The third-order valence-corrected chi connectivity index (χ3v) is 2.18. The number of nitrogens with zero attached hydrogens (tertiary/aromatic N) is 1. The Hall–Kier alpha value is -1.36. The van der Waals surface area contributed by atoms with Crippen LogP contribution >= 0.6 is 0 Å². The van der Waals surface area contributed by atoms with E-state index in [4.69, 9.17) is 9.15 Å². The number of methoxy groups -OCH3 is 1. The van der Waals surface area contributed by atoms with Gasteiger partial charge in [0.2, 0.25) is 5.89 Å². The molecule has 0 unspecified atom stereocenters. The summed E-state index contributed by atoms with van der Waals surface area (Å²) in [6.45, 7) is 2.92. The van der Waals surface area contributed by atoms with Gasteiger partial charge in [-0.1, -0.05) is 0 Å². The zero-order valence-electron chi connectivity index (χ0n) is 8.07. The van der Waals surface area contributed by atoms with Crippen LogP contribution in [0.15, 0.2) is 4.42 Å². The molecule has 1 saturated heterocycles. The third kappa shape index (κ3) is 1.39. The third-order valence-electron chi connectivity index (χ3n) is 2.18. The number of aromatic nitrogens is 1. The van der Waals surface area contributed by atoms with Gasteiger partial charge in [-0.05, 0) is 6.92 Å². The number of hydrogen-bond acceptors (Lipinski definition) is 5. The molecule has 0 bridgehead atoms. The maximum atomic E-state index is 11.2. The number of esters is 1. The Balaban J connectivity index is 2.24. The van der Waals surface area contributed by atoms with E-state index in [0.717, 1.165) is 0 Å². The topological polar surface area (TPSA) is 61.6 Å². The Morgan fingerprint density at radius 2 is 2.29 bits per heavy atom. The SMILES string of the molecule is COC(=O)c1nc(C2COC2)oc1C. The fraction of sp³-hybridized carbons (Fsp3) is 0.556. The van der Waals surface area contributed by atoms with Gasteiger partial charge in [0, 0.05) is 0 Å². The van der Waals surface area contributed by atoms with Crippen LogP contribution in [0.2, 0.25) is 0 Å². The lowest BCUT2D eigenvalue weighted by molar-refractivity contribution is -0.00262. The quantitative estimate of drug-likeness (QED) is 0.658. The summed E-state index contributed by atoms with van der Waals surface area (Å²) in [5.74, 6) is 0.790. The lowest BCUT2D eigenvalue weighted by Gasteiger charge is -2.22. The number of carbonyl (C=O) groups excluding carboxylic acids is 1. The van der Waals surface area contributed by atoms with Crippen LogP contribution in [-0.2, 0) is 9.47 Å². The Bertz CT molecular complexity index is 354. The van der Waals surface area contributed by atoms with Gasteiger partial charge in [-0.25, -0.2) is 9.78 Å². The summed E-state index contributed by atoms with van der Waals surface area (Å²) in [6, 6.07) is 0. The van der Waals surface area contributed by atoms with Crippen LogP contribution in [0.3, 0.4) is 0 Å². The van der Waals surface area contributed by atoms with Crippen LogP contribution < -0.4 is 0 Å². The molecule has 0 N–H and O–H groups in total. The van der Waals surface area contributed by atoms with Crippen LogP contribution in [0.1, 0.15) is 28.1 Å². The number of rotatable bonds is 2. The molecule has 0 saturated carbocycles. The van der Waals surface area contributed by atoms with Crippen LogP contribution in [-0.4, -0.2) is 31.3 Å². The molecule has 0 atom stereocenters. The highest BCUT2D eigenvalue weighted by atomic mass is 16.5. The van der Waals surface area contributed by atoms with E-state index < -0.39 is 5.97 Å². The lowest BCUT2D eigenvalue weighted by Crippen LogP contribution is -2.25. The van der Waals surface area contributed by atoms with Crippen molar-refractivity contribution in [2.75, 3.05) is 20.3 Å². The lowest BCUT2D eigenvalue weighted by atomic mass is 10.1. The van der Waals surface area contributed by atoms with Crippen molar-refractivity contribution in [2.24, 2.45) is 0 Å². The van der Waals surface area contributed by atoms with Gasteiger partial charge in [-0.15, -0.1) is 0 Å². The van der Waals surface area contributed by atoms with Crippen LogP contribution in [0.4, 0.5) is 0 Å². The first kappa shape index (κ1) is 9.21. The van der Waals surface area contributed by atoms with E-state index in [1.165, 1.54) is 7.11 Å². The largest absolute Gasteiger partial charge is 0.464 e. The Labute approximate surface area is 81.0 Å². The number of oxazole rings is 1. The normalized spacial score (nSPS) is 16.4. The average Bonchev–Trinajstić information content (AvgIpc) is 2.43. The van der Waals surface area contributed by atoms with E-state index in [0.29, 0.717) is 24.9 Å². The van der Waals surface area contributed by atoms with E-state index >= 15 is 0 Å². The number of aryl methyl sites for hydroxylation is 1. The minimum Gasteiger partial charge on any atom is -0.464 e. The summed E-state index contributed by atoms with van der Waals surface area (Å²) in [5.41, 5.74) is 0.259. The Morgan fingerprint density at radius 1 is 1.57 bits per heavy atom. The van der Waals surface area contributed by atoms with Crippen molar-refractivity contribution >= 4 is 5.97 Å². The molecule has 1 aliphatic heterocycles. The molecule has 1 aromatic heterocycles. The molecular formula is C9H11NO4. The summed E-state index contributed by atoms with van der Waals surface area (Å²) >= 11 is 0. The molecule has 1 aliphatic rings. The van der Waals surface area contributed by atoms with Crippen molar-refractivity contribution in [3.8, 4) is 0 Å². The van der Waals surface area contributed by atoms with Gasteiger partial charge in [0.25, 0.3) is 0 Å². The summed E-state index contributed by atoms with van der Waals surface area (Å²) < 4.78 is 14.9. The fourth-order valence-electron chi connectivity index (χ4n) is 1.26. The zero-order valence-corrected chi connectivity index (χ0v) is 8.07. The van der Waals surface area contributed by atoms with E-state index in [1.54, 1.807) is 6.92 Å². The second kappa shape index (κ2) is 3.42. The monoisotopic (exact) mass is 197 g/mol. The average molecular weight is 197 g/mol. The van der Waals surface area contributed by atoms with Gasteiger partial charge in [0.1, 0.15) is 5.76 Å². The van der Waals surface area contributed by atoms with Gasteiger partial charge < -0.3 is 13.9 Å². The van der Waals surface area contributed by atoms with Gasteiger partial charge in [0.15, 0.2) is 5.69 Å². The first-order chi connectivity index (χ1) is 6.72. The zero-order chi connectivity index (χ0) is 10.1. The van der Waals surface area contributed by atoms with Gasteiger partial charge in [-0.3, -0.25) is 0 Å². The van der Waals surface area contributed by atoms with Gasteiger partial charge in [-0.2, -0.15) is 0 Å². The van der Waals surface area contributed by atoms with Crippen molar-refractivity contribution in [3.63, 3.8) is 0 Å². The van der Waals surface area contributed by atoms with Crippen LogP contribution in [0, 0.1) is 6.92 Å². The van der Waals surface area contributed by atoms with Crippen molar-refractivity contribution in [2.45, 2.75) is 12.8 Å². The molecule has 1 aromatic rings. The number of hydrogen-bond donors (Lipinski definition) is 0. The summed E-state index contributed by atoms with van der Waals surface area (Å²) in [5, 5.41) is 0. The van der Waals surface area contributed by atoms with E-state index in [1.807, 2.05) is 0 Å². The van der Waals surface area contributed by atoms with Crippen molar-refractivity contribution in [3.05, 3.63) is 17.3 Å². The number of carbonyl (C=O) groups is 1. The van der Waals surface area contributed by atoms with Gasteiger partial charge >= 0.3 is 5.97 Å². The second-order valence-corrected chi connectivity index (χ2v) is 3.18. The maximum Gasteiger partial charge on any atom is 0.360 e. The molecule has 5 heteroatoms. The number of ether oxygens (including phenoxy) is 2. The van der Waals surface area contributed by atoms with E-state index in [2.05, 4.69) is 9.72 Å². The van der Waals surface area contributed by atoms with Crippen molar-refractivity contribution in [1.82, 2.24) is 4.98 Å². The molecule has 0 radical (unpaired) electrons. The molecule has 5 nitrogen and oxygen atoms in total. The van der Waals surface area contributed by atoms with Crippen molar-refractivity contribution < 1.29 is 18.7 Å². The first-order valence-electron chi connectivity index (χ1n) is 4.35. The highest BCUT2D eigenvalue weighted by Crippen LogP contribution is 2.25. The first-order valence-corrected chi connectivity index (χ1v) is 4.35. The molecule has 1 fully saturated rings. The summed E-state index contributed by atoms with van der Waals surface area (Å²) in [6.07, 6.45) is 0. The fourth-order valence-corrected chi connectivity index (χ4v) is 1.26. The molecule has 0 aromatic carbocycles. The summed E-state index contributed by atoms with van der Waals surface area (Å²) in [7, 11) is 1.32. The van der Waals surface area contributed by atoms with E-state index in [-0.39, 0.29) is 11.6 Å². The minimum atomic E-state index is -0.460. The standard InChI is InChI=1S/C9H11NO4/c1-5-7(9(11)12-2)10-8(14-5)6-3-13-4-6/h6H,3-4H2,1-2H3. The molecule has 76 valence electrons. The Morgan fingerprint density at radius 3 is 2.79 bits per heavy atom. The van der Waals surface area contributed by atoms with Crippen LogP contribution in [0.25, 0.3) is 0 Å². The molecule has 14 heavy (non-hydrogen) atoms. The molecule has 2 heterocycles. The molecule has 2 rings (SSSR count). The summed E-state index contributed by atoms with van der Waals surface area (Å²) in [4.78, 5) is 15.3. The maximum absolute atomic E-state index is 11.2. The Kier molecular flexibility index (Phi) is 2.25. The second-order valence-electron chi connectivity index (χ2n) is 3.18. The van der Waals surface area contributed by atoms with Crippen molar-refractivity contribution in [1.29, 1.82) is 0 Å². The highest BCUT2D eigenvalue weighted by molar-refractivity contribution is 5.88. The molecule has 0 amide bonds. The molecule has 0 spiro atoms. The molecule has 0 aliphatic carbocycles. The highest BCUT2D eigenvalue weighted by Gasteiger charge is 2.28. The van der Waals surface area contributed by atoms with Gasteiger partial charge in [0.05, 0.1) is 26.2 Å².